The van der Waals surface area contributed by atoms with Crippen LogP contribution in [-0.4, -0.2) is 144 Å². The number of methoxy groups -OCH3 is 1. The molecule has 0 spiro atoms. The van der Waals surface area contributed by atoms with Gasteiger partial charge in [-0.05, 0) is 119 Å². The molecule has 0 aliphatic carbocycles. The van der Waals surface area contributed by atoms with Gasteiger partial charge >= 0.3 is 12.1 Å². The summed E-state index contributed by atoms with van der Waals surface area (Å²) in [6, 6.07) is 16.5. The summed E-state index contributed by atoms with van der Waals surface area (Å²) < 4.78 is 24.1. The first-order chi connectivity index (χ1) is 42.6. The van der Waals surface area contributed by atoms with E-state index in [4.69, 9.17) is 36.3 Å². The molecule has 89 heavy (non-hydrogen) atoms. The first-order valence-corrected chi connectivity index (χ1v) is 31.1. The lowest BCUT2D eigenvalue weighted by Gasteiger charge is -2.33. The van der Waals surface area contributed by atoms with Crippen molar-refractivity contribution in [2.45, 2.75) is 154 Å². The van der Waals surface area contributed by atoms with Gasteiger partial charge in [-0.1, -0.05) is 56.7 Å². The van der Waals surface area contributed by atoms with Crippen molar-refractivity contribution in [3.63, 3.8) is 0 Å². The lowest BCUT2D eigenvalue weighted by atomic mass is 9.95. The number of urea groups is 1. The largest absolute Gasteiger partial charge is 0.493 e. The van der Waals surface area contributed by atoms with E-state index in [2.05, 4.69) is 21.3 Å². The molecule has 478 valence electrons. The van der Waals surface area contributed by atoms with Crippen molar-refractivity contribution in [3.05, 3.63) is 95.6 Å². The zero-order chi connectivity index (χ0) is 64.1. The highest BCUT2D eigenvalue weighted by molar-refractivity contribution is 6.19. The molecule has 4 heterocycles. The molecule has 1 saturated heterocycles. The number of ether oxygens (including phenoxy) is 4. The number of aliphatic hydroxyl groups is 1. The van der Waals surface area contributed by atoms with Crippen molar-refractivity contribution in [2.75, 3.05) is 60.9 Å². The molecule has 0 aromatic heterocycles. The fourth-order valence-electron chi connectivity index (χ4n) is 11.6. The number of alkyl halides is 1. The van der Waals surface area contributed by atoms with E-state index in [1.54, 1.807) is 74.8 Å². The summed E-state index contributed by atoms with van der Waals surface area (Å²) in [6.45, 7) is 10.3. The number of halogens is 1. The van der Waals surface area contributed by atoms with Crippen LogP contribution in [0.15, 0.2) is 78.9 Å². The third-order valence-corrected chi connectivity index (χ3v) is 16.5. The van der Waals surface area contributed by atoms with Crippen LogP contribution in [0, 0.1) is 5.92 Å². The van der Waals surface area contributed by atoms with Crippen LogP contribution in [0.4, 0.5) is 26.7 Å². The molecule has 7 N–H and O–H groups in total. The third-order valence-electron chi connectivity index (χ3n) is 16.1. The van der Waals surface area contributed by atoms with Crippen molar-refractivity contribution in [1.82, 2.24) is 25.8 Å². The molecular weight excluding hydrogens is 1170 g/mol. The predicted octanol–water partition coefficient (Wildman–Crippen LogP) is 7.91. The second-order valence-electron chi connectivity index (χ2n) is 24.1. The van der Waals surface area contributed by atoms with Gasteiger partial charge in [-0.2, -0.15) is 0 Å². The summed E-state index contributed by atoms with van der Waals surface area (Å²) in [5.74, 6) is -1.61. The number of benzene rings is 4. The predicted molar refractivity (Wildman–Crippen MR) is 335 cm³/mol. The van der Waals surface area contributed by atoms with Gasteiger partial charge in [0.1, 0.15) is 30.0 Å². The standard InChI is InChI=1S/C65H82ClN9O14/c1-39(2)58(71-53(76)21-9-7-13-30-73-55(78)27-28-56(73)79)60(81)70-46(19-15-29-68-63(67)84)59(80)69-42-25-23-40(24-26-42)38-88-50-35-49-57(44-18-12-11-17-43(44)50)41(36-66)37-74(49)54(77)22-10-8-14-32-87-52-34-48-45(33-51(52)86-6)61(82)72-31-16-20-47(72)62(83)75(48)64(85)89-65(3,4)5/h11-12,17-18,23-28,33-35,39,41,46-47,58,62,83H,7-10,13-16,19-22,29-32,36-38H2,1-6H3,(H,69,80)(H,70,81)(H,71,76)(H3,67,68,84)/t41-,46-,47-,58-,62-/m0/s1. The minimum atomic E-state index is -1.35. The number of unbranched alkanes of at least 4 members (excludes halogenated alkanes) is 4. The molecule has 23 nitrogen and oxygen atoms in total. The van der Waals surface area contributed by atoms with E-state index in [0.29, 0.717) is 88.2 Å². The zero-order valence-electron chi connectivity index (χ0n) is 51.4. The maximum Gasteiger partial charge on any atom is 0.417 e. The van der Waals surface area contributed by atoms with Crippen LogP contribution in [0.2, 0.25) is 0 Å². The van der Waals surface area contributed by atoms with Crippen molar-refractivity contribution in [2.24, 2.45) is 11.7 Å². The number of nitrogens with one attached hydrogen (secondary N) is 4. The number of primary amides is 1. The summed E-state index contributed by atoms with van der Waals surface area (Å²) in [5, 5.41) is 24.4. The van der Waals surface area contributed by atoms with Crippen molar-refractivity contribution in [1.29, 1.82) is 0 Å². The number of hydrogen-bond acceptors (Lipinski definition) is 14. The summed E-state index contributed by atoms with van der Waals surface area (Å²) in [4.78, 5) is 123. The van der Waals surface area contributed by atoms with Crippen LogP contribution in [0.25, 0.3) is 10.8 Å². The molecule has 8 rings (SSSR count). The summed E-state index contributed by atoms with van der Waals surface area (Å²) in [7, 11) is 1.46. The molecule has 5 atom stereocenters. The van der Waals surface area contributed by atoms with Crippen LogP contribution < -0.4 is 51.0 Å². The van der Waals surface area contributed by atoms with Gasteiger partial charge in [0.15, 0.2) is 17.7 Å². The number of carbonyl (C=O) groups is 9. The molecule has 10 amide bonds. The zero-order valence-corrected chi connectivity index (χ0v) is 52.2. The van der Waals surface area contributed by atoms with Gasteiger partial charge in [0.25, 0.3) is 17.7 Å². The molecule has 0 saturated carbocycles. The van der Waals surface area contributed by atoms with Crippen LogP contribution in [0.3, 0.4) is 0 Å². The number of amides is 10. The number of nitrogens with two attached hydrogens (primary N) is 1. The minimum absolute atomic E-state index is 0.0703. The summed E-state index contributed by atoms with van der Waals surface area (Å²) in [5.41, 5.74) is 7.64. The Morgan fingerprint density at radius 3 is 2.18 bits per heavy atom. The second-order valence-corrected chi connectivity index (χ2v) is 24.4. The number of hydrogen-bond donors (Lipinski definition) is 6. The van der Waals surface area contributed by atoms with Gasteiger partial charge in [-0.3, -0.25) is 38.5 Å². The molecule has 4 aliphatic rings. The van der Waals surface area contributed by atoms with E-state index >= 15 is 0 Å². The number of anilines is 3. The Labute approximate surface area is 523 Å². The number of nitrogens with zero attached hydrogens (tertiary/aromatic N) is 4. The van der Waals surface area contributed by atoms with Gasteiger partial charge in [0.05, 0.1) is 36.7 Å². The number of aliphatic hydroxyl groups excluding tert-OH is 1. The lowest BCUT2D eigenvalue weighted by molar-refractivity contribution is -0.137. The number of rotatable bonds is 28. The van der Waals surface area contributed by atoms with E-state index in [1.165, 1.54) is 25.3 Å². The maximum atomic E-state index is 14.2. The Kier molecular flexibility index (Phi) is 22.6. The Hall–Kier alpha value is -8.44. The fraction of sp³-hybridized carbons (Fsp3) is 0.492. The molecule has 0 bridgehead atoms. The second kappa shape index (κ2) is 30.2. The molecule has 0 unspecified atom stereocenters. The highest BCUT2D eigenvalue weighted by Gasteiger charge is 2.46. The van der Waals surface area contributed by atoms with Gasteiger partial charge in [0, 0.05) is 86.2 Å². The smallest absolute Gasteiger partial charge is 0.417 e. The number of carbonyl (C=O) groups excluding carboxylic acids is 9. The molecule has 4 aromatic rings. The normalized spacial score (nSPS) is 17.6. The van der Waals surface area contributed by atoms with Crippen LogP contribution in [-0.2, 0) is 40.1 Å². The van der Waals surface area contributed by atoms with Crippen molar-refractivity contribution in [3.8, 4) is 17.2 Å². The van der Waals surface area contributed by atoms with E-state index in [-0.39, 0.29) is 110 Å². The minimum Gasteiger partial charge on any atom is -0.493 e. The van der Waals surface area contributed by atoms with E-state index in [0.717, 1.165) is 37.4 Å². The monoisotopic (exact) mass is 1250 g/mol. The van der Waals surface area contributed by atoms with Crippen LogP contribution in [0.1, 0.15) is 139 Å². The average molecular weight is 1250 g/mol. The first kappa shape index (κ1) is 66.5. The number of imide groups is 1. The van der Waals surface area contributed by atoms with Gasteiger partial charge in [0.2, 0.25) is 23.6 Å². The fourth-order valence-corrected chi connectivity index (χ4v) is 11.8. The van der Waals surface area contributed by atoms with Crippen molar-refractivity contribution < 1.29 is 67.2 Å². The maximum absolute atomic E-state index is 14.2. The van der Waals surface area contributed by atoms with E-state index in [9.17, 15) is 48.3 Å². The SMILES string of the molecule is COc1cc2c(cc1OCCCCCC(=O)N1C[C@H](CCl)c3c1cc(OCc1ccc(NC(=O)[C@H](CCCNC(N)=O)NC(=O)[C@@H](NC(=O)CCCCCN4C(=O)C=CC4=O)C(C)C)cc1)c1ccccc31)N(C(=O)OC(C)(C)C)[C@@H](O)[C@@H]1CCCN1C2=O. The molecule has 24 heteroatoms. The van der Waals surface area contributed by atoms with Crippen molar-refractivity contribution >= 4 is 92.9 Å². The Morgan fingerprint density at radius 2 is 1.49 bits per heavy atom. The van der Waals surface area contributed by atoms with Crippen LogP contribution >= 0.6 is 11.6 Å². The Balaban J connectivity index is 0.862. The molecule has 1 fully saturated rings. The van der Waals surface area contributed by atoms with Gasteiger partial charge in [-0.25, -0.2) is 14.5 Å². The van der Waals surface area contributed by atoms with Gasteiger partial charge in [-0.15, -0.1) is 11.6 Å². The first-order valence-electron chi connectivity index (χ1n) is 30.5. The van der Waals surface area contributed by atoms with E-state index in [1.807, 2.05) is 30.3 Å². The topological polar surface area (TPSA) is 298 Å². The molecule has 4 aliphatic heterocycles. The molecule has 4 aromatic carbocycles. The summed E-state index contributed by atoms with van der Waals surface area (Å²) >= 11 is 6.62. The Morgan fingerprint density at radius 1 is 0.798 bits per heavy atom. The number of fused-ring (bicyclic) bond motifs is 5. The molecule has 0 radical (unpaired) electrons. The van der Waals surface area contributed by atoms with E-state index < -0.39 is 53.9 Å². The third kappa shape index (κ3) is 16.6. The van der Waals surface area contributed by atoms with Crippen LogP contribution in [0.5, 0.6) is 17.2 Å². The Bertz CT molecular complexity index is 3300. The highest BCUT2D eigenvalue weighted by Crippen LogP contribution is 2.47. The summed E-state index contributed by atoms with van der Waals surface area (Å²) in [6.07, 6.45) is 5.61. The highest BCUT2D eigenvalue weighted by atomic mass is 35.5. The molecular formula is C65H82ClN9O14. The average Bonchev–Trinajstić information content (AvgIpc) is 1.70. The van der Waals surface area contributed by atoms with Gasteiger partial charge < -0.3 is 60.9 Å². The quantitative estimate of drug-likeness (QED) is 0.0179. The lowest BCUT2D eigenvalue weighted by Crippen LogP contribution is -2.54.